The third kappa shape index (κ3) is 20.1. The summed E-state index contributed by atoms with van der Waals surface area (Å²) < 4.78 is 14.0. The summed E-state index contributed by atoms with van der Waals surface area (Å²) in [6.45, 7) is 11.2. The fourth-order valence-corrected chi connectivity index (χ4v) is 1.56. The van der Waals surface area contributed by atoms with Crippen LogP contribution in [0.15, 0.2) is 60.7 Å². The second kappa shape index (κ2) is 27.1. The highest BCUT2D eigenvalue weighted by Crippen LogP contribution is 2.03. The van der Waals surface area contributed by atoms with Crippen molar-refractivity contribution in [1.29, 1.82) is 0 Å². The minimum atomic E-state index is -0.262. The predicted octanol–water partition coefficient (Wildman–Crippen LogP) is 6.05. The molecular weight excluding hydrogens is 352 g/mol. The third-order valence-corrected chi connectivity index (χ3v) is 2.76. The lowest BCUT2D eigenvalue weighted by atomic mass is 10.2. The molecule has 0 N–H and O–H groups in total. The van der Waals surface area contributed by atoms with Gasteiger partial charge < -0.3 is 14.2 Å². The van der Waals surface area contributed by atoms with Crippen LogP contribution in [0.5, 0.6) is 0 Å². The number of methoxy groups -OCH3 is 2. The fourth-order valence-electron chi connectivity index (χ4n) is 1.56. The Morgan fingerprint density at radius 2 is 1.18 bits per heavy atom. The van der Waals surface area contributed by atoms with Gasteiger partial charge in [-0.1, -0.05) is 76.2 Å². The quantitative estimate of drug-likeness (QED) is 0.581. The van der Waals surface area contributed by atoms with Crippen LogP contribution in [0.4, 0.5) is 0 Å². The Hall–Kier alpha value is -2.17. The van der Waals surface area contributed by atoms with Crippen LogP contribution in [0.1, 0.15) is 50.5 Å². The van der Waals surface area contributed by atoms with Crippen molar-refractivity contribution in [2.75, 3.05) is 34.5 Å². The van der Waals surface area contributed by atoms with Gasteiger partial charge in [-0.2, -0.15) is 0 Å². The summed E-state index contributed by atoms with van der Waals surface area (Å²) in [4.78, 5) is 11.6. The molecule has 0 aromatic heterocycles. The maximum Gasteiger partial charge on any atom is 0.338 e. The van der Waals surface area contributed by atoms with Gasteiger partial charge in [0.1, 0.15) is 0 Å². The molecule has 0 bridgehead atoms. The van der Waals surface area contributed by atoms with Gasteiger partial charge in [-0.3, -0.25) is 0 Å². The molecule has 2 rings (SSSR count). The van der Waals surface area contributed by atoms with Crippen molar-refractivity contribution in [2.24, 2.45) is 0 Å². The second-order valence-corrected chi connectivity index (χ2v) is 4.72. The van der Waals surface area contributed by atoms with Crippen LogP contribution in [-0.2, 0) is 20.6 Å². The van der Waals surface area contributed by atoms with Gasteiger partial charge in [0.25, 0.3) is 0 Å². The molecule has 0 unspecified atom stereocenters. The molecule has 2 aromatic carbocycles. The highest BCUT2D eigenvalue weighted by atomic mass is 16.5. The van der Waals surface area contributed by atoms with E-state index in [2.05, 4.69) is 9.47 Å². The van der Waals surface area contributed by atoms with Crippen LogP contribution >= 0.6 is 0 Å². The van der Waals surface area contributed by atoms with E-state index in [9.17, 15) is 4.79 Å². The Kier molecular flexibility index (Phi) is 29.5. The van der Waals surface area contributed by atoms with Crippen LogP contribution in [0.25, 0.3) is 0 Å². The van der Waals surface area contributed by atoms with E-state index in [0.29, 0.717) is 12.2 Å². The lowest BCUT2D eigenvalue weighted by Crippen LogP contribution is -2.07. The lowest BCUT2D eigenvalue weighted by Gasteiger charge is -2.04. The largest absolute Gasteiger partial charge is 0.462 e. The molecule has 0 spiro atoms. The van der Waals surface area contributed by atoms with Gasteiger partial charge in [0.2, 0.25) is 0 Å². The zero-order valence-corrected chi connectivity index (χ0v) is 19.0. The summed E-state index contributed by atoms with van der Waals surface area (Å²) in [6, 6.07) is 19.0. The first-order valence-electron chi connectivity index (χ1n) is 9.84. The molecule has 0 aliphatic carbocycles. The molecule has 0 radical (unpaired) electrons. The Morgan fingerprint density at radius 1 is 0.786 bits per heavy atom. The number of hydrogen-bond donors (Lipinski definition) is 0. The van der Waals surface area contributed by atoms with Crippen molar-refractivity contribution < 1.29 is 19.0 Å². The number of carbonyl (C=O) groups excluding carboxylic acids is 1. The number of rotatable bonds is 5. The van der Waals surface area contributed by atoms with E-state index in [-0.39, 0.29) is 5.97 Å². The van der Waals surface area contributed by atoms with Crippen molar-refractivity contribution in [3.8, 4) is 0 Å². The van der Waals surface area contributed by atoms with Gasteiger partial charge in [-0.15, -0.1) is 0 Å². The zero-order chi connectivity index (χ0) is 22.0. The normalized spacial score (nSPS) is 8.14. The Labute approximate surface area is 172 Å². The van der Waals surface area contributed by atoms with E-state index in [1.54, 1.807) is 33.5 Å². The van der Waals surface area contributed by atoms with Crippen molar-refractivity contribution in [2.45, 2.75) is 41.0 Å². The van der Waals surface area contributed by atoms with Crippen molar-refractivity contribution in [3.05, 3.63) is 71.8 Å². The molecule has 0 saturated carbocycles. The molecule has 0 heterocycles. The zero-order valence-electron chi connectivity index (χ0n) is 19.0. The van der Waals surface area contributed by atoms with Crippen LogP contribution in [0.3, 0.4) is 0 Å². The minimum absolute atomic E-state index is 0.262. The molecule has 0 fully saturated rings. The number of carbonyl (C=O) groups is 1. The highest BCUT2D eigenvalue weighted by Gasteiger charge is 2.05. The third-order valence-electron chi connectivity index (χ3n) is 2.76. The predicted molar refractivity (Wildman–Crippen MR) is 120 cm³/mol. The van der Waals surface area contributed by atoms with E-state index in [1.165, 1.54) is 5.56 Å². The van der Waals surface area contributed by atoms with Crippen LogP contribution < -0.4 is 0 Å². The number of ether oxygens (including phenoxy) is 3. The van der Waals surface area contributed by atoms with E-state index >= 15 is 0 Å². The standard InChI is InChI=1S/C15H14O2.C3H8O.C2H6O.2C2H6/c16-15(14-9-5-2-6-10-14)17-12-11-13-7-3-1-4-8-13;1-3-4-2;1-3-2;2*1-2/h1-10H,11-12H2;3H2,1-2H3;1-2H3;2*1-2H3. The molecule has 0 saturated heterocycles. The molecule has 0 amide bonds. The van der Waals surface area contributed by atoms with E-state index in [4.69, 9.17) is 4.74 Å². The maximum absolute atomic E-state index is 11.6. The first kappa shape index (κ1) is 30.6. The SMILES string of the molecule is CC.CC.CCOC.COC.O=C(OCCc1ccccc1)c1ccccc1. The first-order valence-corrected chi connectivity index (χ1v) is 9.84. The summed E-state index contributed by atoms with van der Waals surface area (Å²) >= 11 is 0. The first-order chi connectivity index (χ1) is 13.7. The van der Waals surface area contributed by atoms with Gasteiger partial charge in [-0.05, 0) is 24.6 Å². The summed E-state index contributed by atoms with van der Waals surface area (Å²) in [5.41, 5.74) is 1.77. The van der Waals surface area contributed by atoms with E-state index in [1.807, 2.05) is 83.1 Å². The number of benzene rings is 2. The van der Waals surface area contributed by atoms with Gasteiger partial charge >= 0.3 is 5.97 Å². The molecule has 160 valence electrons. The number of esters is 1. The summed E-state index contributed by atoms with van der Waals surface area (Å²) in [7, 11) is 4.93. The molecule has 4 heteroatoms. The van der Waals surface area contributed by atoms with Crippen LogP contribution in [0.2, 0.25) is 0 Å². The van der Waals surface area contributed by atoms with Gasteiger partial charge in [-0.25, -0.2) is 4.79 Å². The molecule has 2 aromatic rings. The molecule has 28 heavy (non-hydrogen) atoms. The smallest absolute Gasteiger partial charge is 0.338 e. The van der Waals surface area contributed by atoms with Crippen molar-refractivity contribution in [1.82, 2.24) is 0 Å². The molecule has 0 aliphatic heterocycles. The number of hydrogen-bond acceptors (Lipinski definition) is 4. The van der Waals surface area contributed by atoms with Crippen molar-refractivity contribution in [3.63, 3.8) is 0 Å². The van der Waals surface area contributed by atoms with Crippen LogP contribution in [0, 0.1) is 0 Å². The highest BCUT2D eigenvalue weighted by molar-refractivity contribution is 5.89. The topological polar surface area (TPSA) is 44.8 Å². The Balaban J connectivity index is -0.000000480. The van der Waals surface area contributed by atoms with E-state index in [0.717, 1.165) is 13.0 Å². The van der Waals surface area contributed by atoms with Gasteiger partial charge in [0.15, 0.2) is 0 Å². The van der Waals surface area contributed by atoms with Crippen LogP contribution in [-0.4, -0.2) is 40.5 Å². The average molecular weight is 393 g/mol. The minimum Gasteiger partial charge on any atom is -0.462 e. The summed E-state index contributed by atoms with van der Waals surface area (Å²) in [5.74, 6) is -0.262. The average Bonchev–Trinajstić information content (AvgIpc) is 2.78. The second-order valence-electron chi connectivity index (χ2n) is 4.72. The molecule has 4 nitrogen and oxygen atoms in total. The maximum atomic E-state index is 11.6. The van der Waals surface area contributed by atoms with Gasteiger partial charge in [0.05, 0.1) is 12.2 Å². The summed E-state index contributed by atoms with van der Waals surface area (Å²) in [6.07, 6.45) is 0.749. The lowest BCUT2D eigenvalue weighted by molar-refractivity contribution is 0.0509. The summed E-state index contributed by atoms with van der Waals surface area (Å²) in [5, 5.41) is 0. The monoisotopic (exact) mass is 392 g/mol. The fraction of sp³-hybridized carbons (Fsp3) is 0.458. The molecule has 0 aliphatic rings. The van der Waals surface area contributed by atoms with Gasteiger partial charge in [0, 0.05) is 34.4 Å². The van der Waals surface area contributed by atoms with E-state index < -0.39 is 0 Å². The molecule has 0 atom stereocenters. The Bertz CT molecular complexity index is 511. The molecular formula is C24H40O4. The van der Waals surface area contributed by atoms with Crippen molar-refractivity contribution >= 4 is 5.97 Å². The Morgan fingerprint density at radius 3 is 1.57 bits per heavy atom.